The Hall–Kier alpha value is -3.01. The second-order valence-electron chi connectivity index (χ2n) is 9.99. The maximum absolute atomic E-state index is 11.0. The van der Waals surface area contributed by atoms with Gasteiger partial charge in [0.1, 0.15) is 6.29 Å². The molecule has 4 heteroatoms. The number of allylic oxidation sites excluding steroid dienone is 1. The molecule has 34 heavy (non-hydrogen) atoms. The van der Waals surface area contributed by atoms with Crippen molar-refractivity contribution in [3.63, 3.8) is 0 Å². The van der Waals surface area contributed by atoms with Crippen LogP contribution in [-0.2, 0) is 10.2 Å². The predicted octanol–water partition coefficient (Wildman–Crippen LogP) is 7.63. The second kappa shape index (κ2) is 10.5. The number of benzene rings is 1. The van der Waals surface area contributed by atoms with E-state index in [0.717, 1.165) is 60.3 Å². The predicted molar refractivity (Wildman–Crippen MR) is 142 cm³/mol. The van der Waals surface area contributed by atoms with Gasteiger partial charge in [0.15, 0.2) is 0 Å². The van der Waals surface area contributed by atoms with Gasteiger partial charge in [0.2, 0.25) is 0 Å². The molecule has 0 amide bonds. The van der Waals surface area contributed by atoms with Gasteiger partial charge in [-0.1, -0.05) is 51.1 Å². The number of aromatic nitrogens is 1. The van der Waals surface area contributed by atoms with Crippen LogP contribution >= 0.6 is 0 Å². The second-order valence-corrected chi connectivity index (χ2v) is 9.99. The minimum atomic E-state index is 0.218. The van der Waals surface area contributed by atoms with Gasteiger partial charge in [-0.25, -0.2) is 0 Å². The van der Waals surface area contributed by atoms with Gasteiger partial charge in [-0.2, -0.15) is 0 Å². The number of carbonyl (C=O) groups excluding carboxylic acids is 1. The van der Waals surface area contributed by atoms with Gasteiger partial charge in [-0.05, 0) is 73.6 Å². The lowest BCUT2D eigenvalue weighted by Crippen LogP contribution is -2.22. The number of pyridine rings is 1. The molecule has 2 aromatic rings. The summed E-state index contributed by atoms with van der Waals surface area (Å²) in [6.45, 7) is 10.7. The molecule has 4 rings (SSSR count). The molecule has 178 valence electrons. The van der Waals surface area contributed by atoms with Gasteiger partial charge in [0.25, 0.3) is 0 Å². The Labute approximate surface area is 204 Å². The molecule has 2 atom stereocenters. The lowest BCUT2D eigenvalue weighted by atomic mass is 9.74. The fourth-order valence-electron chi connectivity index (χ4n) is 5.77. The molecule has 1 aliphatic heterocycles. The number of aliphatic imine (C=N–C) groups is 1. The topological polar surface area (TPSA) is 54.4 Å². The minimum Gasteiger partial charge on any atom is -0.353 e. The Morgan fingerprint density at radius 2 is 2.00 bits per heavy atom. The first-order chi connectivity index (χ1) is 16.5. The maximum atomic E-state index is 11.0. The van der Waals surface area contributed by atoms with Gasteiger partial charge in [-0.3, -0.25) is 9.98 Å². The van der Waals surface area contributed by atoms with Crippen LogP contribution in [-0.4, -0.2) is 17.0 Å². The molecule has 1 aliphatic carbocycles. The van der Waals surface area contributed by atoms with E-state index in [1.54, 1.807) is 0 Å². The van der Waals surface area contributed by atoms with Crippen LogP contribution in [0.15, 0.2) is 71.1 Å². The molecular formula is C30H37N3O. The van der Waals surface area contributed by atoms with Crippen LogP contribution in [0.5, 0.6) is 0 Å². The zero-order valence-electron chi connectivity index (χ0n) is 20.9. The van der Waals surface area contributed by atoms with Crippen LogP contribution in [0.1, 0.15) is 77.7 Å². The Kier molecular flexibility index (Phi) is 7.45. The lowest BCUT2D eigenvalue weighted by Gasteiger charge is -2.30. The molecule has 1 aromatic heterocycles. The van der Waals surface area contributed by atoms with Crippen molar-refractivity contribution in [1.82, 2.24) is 4.98 Å². The average Bonchev–Trinajstić information content (AvgIpc) is 3.44. The summed E-state index contributed by atoms with van der Waals surface area (Å²) >= 11 is 0. The SMILES string of the molecule is C=C(Nc1ccc(-c2ccc(C3(CCC)CCC(CC=O)C3)cc2)nc1)C1=C(C)CC(CC)=N1. The van der Waals surface area contributed by atoms with Crippen LogP contribution < -0.4 is 5.32 Å². The van der Waals surface area contributed by atoms with E-state index < -0.39 is 0 Å². The largest absolute Gasteiger partial charge is 0.353 e. The summed E-state index contributed by atoms with van der Waals surface area (Å²) in [6, 6.07) is 13.1. The van der Waals surface area contributed by atoms with E-state index in [0.29, 0.717) is 12.3 Å². The molecule has 1 fully saturated rings. The number of anilines is 1. The van der Waals surface area contributed by atoms with Crippen LogP contribution in [0.25, 0.3) is 11.3 Å². The van der Waals surface area contributed by atoms with Crippen LogP contribution in [0.2, 0.25) is 0 Å². The van der Waals surface area contributed by atoms with Crippen LogP contribution in [0.3, 0.4) is 0 Å². The van der Waals surface area contributed by atoms with Crippen molar-refractivity contribution in [2.75, 3.05) is 5.32 Å². The van der Waals surface area contributed by atoms with E-state index >= 15 is 0 Å². The molecule has 0 saturated heterocycles. The van der Waals surface area contributed by atoms with E-state index in [-0.39, 0.29) is 5.41 Å². The normalized spacial score (nSPS) is 22.1. The molecule has 0 radical (unpaired) electrons. The summed E-state index contributed by atoms with van der Waals surface area (Å²) in [7, 11) is 0. The number of nitrogens with one attached hydrogen (secondary N) is 1. The van der Waals surface area contributed by atoms with Gasteiger partial charge in [0.05, 0.1) is 29.0 Å². The summed E-state index contributed by atoms with van der Waals surface area (Å²) in [5.74, 6) is 0.531. The minimum absolute atomic E-state index is 0.218. The van der Waals surface area contributed by atoms with E-state index in [1.165, 1.54) is 36.1 Å². The summed E-state index contributed by atoms with van der Waals surface area (Å²) in [5, 5.41) is 3.37. The van der Waals surface area contributed by atoms with Crippen molar-refractivity contribution in [2.45, 2.75) is 77.6 Å². The smallest absolute Gasteiger partial charge is 0.120 e. The number of hydrogen-bond donors (Lipinski definition) is 1. The molecule has 0 spiro atoms. The van der Waals surface area contributed by atoms with Gasteiger partial charge < -0.3 is 10.1 Å². The number of rotatable bonds is 10. The van der Waals surface area contributed by atoms with Crippen molar-refractivity contribution < 1.29 is 4.79 Å². The quantitative estimate of drug-likeness (QED) is 0.375. The van der Waals surface area contributed by atoms with Crippen LogP contribution in [0.4, 0.5) is 5.69 Å². The Morgan fingerprint density at radius 1 is 1.21 bits per heavy atom. The molecule has 1 N–H and O–H groups in total. The van der Waals surface area contributed by atoms with E-state index in [2.05, 4.69) is 69.1 Å². The summed E-state index contributed by atoms with van der Waals surface area (Å²) in [6.07, 6.45) is 11.4. The zero-order chi connectivity index (χ0) is 24.1. The highest BCUT2D eigenvalue weighted by Gasteiger charge is 2.39. The van der Waals surface area contributed by atoms with Crippen LogP contribution in [0, 0.1) is 5.92 Å². The van der Waals surface area contributed by atoms with E-state index in [4.69, 9.17) is 9.98 Å². The molecular weight excluding hydrogens is 418 g/mol. The highest BCUT2D eigenvalue weighted by Crippen LogP contribution is 2.48. The van der Waals surface area contributed by atoms with Gasteiger partial charge in [0, 0.05) is 24.1 Å². The van der Waals surface area contributed by atoms with Gasteiger partial charge >= 0.3 is 0 Å². The zero-order valence-corrected chi connectivity index (χ0v) is 20.9. The number of nitrogens with zero attached hydrogens (tertiary/aromatic N) is 2. The Bertz CT molecular complexity index is 1090. The molecule has 4 nitrogen and oxygen atoms in total. The standard InChI is InChI=1S/C30H37N3O/c1-5-15-30(16-13-23(19-30)14-17-34)25-9-7-24(8-10-25)28-12-11-27(20-31-28)32-22(4)29-21(3)18-26(6-2)33-29/h7-12,17,20,23,32H,4-6,13-16,18-19H2,1-3H3. The highest BCUT2D eigenvalue weighted by molar-refractivity contribution is 5.90. The van der Waals surface area contributed by atoms with Crippen molar-refractivity contribution in [3.05, 3.63) is 71.7 Å². The first kappa shape index (κ1) is 24.1. The maximum Gasteiger partial charge on any atom is 0.120 e. The molecule has 2 unspecified atom stereocenters. The number of hydrogen-bond acceptors (Lipinski definition) is 4. The molecule has 2 aliphatic rings. The summed E-state index contributed by atoms with van der Waals surface area (Å²) in [5.41, 5.74) is 8.90. The van der Waals surface area contributed by atoms with Gasteiger partial charge in [-0.15, -0.1) is 0 Å². The van der Waals surface area contributed by atoms with Crippen molar-refractivity contribution >= 4 is 17.7 Å². The fraction of sp³-hybridized carbons (Fsp3) is 0.433. The third kappa shape index (κ3) is 5.06. The summed E-state index contributed by atoms with van der Waals surface area (Å²) < 4.78 is 0. The first-order valence-corrected chi connectivity index (χ1v) is 12.7. The van der Waals surface area contributed by atoms with Crippen molar-refractivity contribution in [1.29, 1.82) is 0 Å². The molecule has 0 bridgehead atoms. The first-order valence-electron chi connectivity index (χ1n) is 12.7. The lowest BCUT2D eigenvalue weighted by molar-refractivity contribution is -0.108. The van der Waals surface area contributed by atoms with E-state index in [1.807, 2.05) is 6.20 Å². The molecule has 2 heterocycles. The highest BCUT2D eigenvalue weighted by atomic mass is 16.1. The van der Waals surface area contributed by atoms with Crippen molar-refractivity contribution in [2.24, 2.45) is 10.9 Å². The van der Waals surface area contributed by atoms with Crippen molar-refractivity contribution in [3.8, 4) is 11.3 Å². The van der Waals surface area contributed by atoms with E-state index in [9.17, 15) is 4.79 Å². The number of aldehydes is 1. The fourth-order valence-corrected chi connectivity index (χ4v) is 5.77. The third-order valence-electron chi connectivity index (χ3n) is 7.56. The molecule has 1 aromatic carbocycles. The monoisotopic (exact) mass is 455 g/mol. The summed E-state index contributed by atoms with van der Waals surface area (Å²) in [4.78, 5) is 20.5. The molecule has 1 saturated carbocycles. The Morgan fingerprint density at radius 3 is 2.62 bits per heavy atom. The average molecular weight is 456 g/mol. The Balaban J connectivity index is 1.45. The third-order valence-corrected chi connectivity index (χ3v) is 7.56. The number of carbonyl (C=O) groups is 1.